The third-order valence-corrected chi connectivity index (χ3v) is 2.06. The van der Waals surface area contributed by atoms with Gasteiger partial charge in [0.1, 0.15) is 5.75 Å². The molecule has 0 saturated carbocycles. The van der Waals surface area contributed by atoms with Crippen LogP contribution in [0, 0.1) is 0 Å². The van der Waals surface area contributed by atoms with Crippen LogP contribution in [-0.4, -0.2) is 7.11 Å². The number of hydrogen-bond donors (Lipinski definition) is 0. The van der Waals surface area contributed by atoms with Crippen molar-refractivity contribution in [2.45, 2.75) is 12.1 Å². The van der Waals surface area contributed by atoms with E-state index < -0.39 is 11.7 Å². The Labute approximate surface area is 84.4 Å². The lowest BCUT2D eigenvalue weighted by Gasteiger charge is -2.13. The summed E-state index contributed by atoms with van der Waals surface area (Å²) in [6.07, 6.45) is -4.39. The molecule has 0 atom stereocenters. The Hall–Kier alpha value is -0.900. The van der Waals surface area contributed by atoms with Crippen LogP contribution in [0.4, 0.5) is 13.2 Å². The van der Waals surface area contributed by atoms with Crippen molar-refractivity contribution in [3.8, 4) is 5.75 Å². The number of ether oxygens (including phenoxy) is 1. The van der Waals surface area contributed by atoms with E-state index in [1.807, 2.05) is 0 Å². The molecule has 0 heterocycles. The van der Waals surface area contributed by atoms with Gasteiger partial charge in [-0.1, -0.05) is 6.07 Å². The van der Waals surface area contributed by atoms with Crippen molar-refractivity contribution < 1.29 is 17.9 Å². The van der Waals surface area contributed by atoms with Crippen LogP contribution < -0.4 is 4.74 Å². The highest BCUT2D eigenvalue weighted by Crippen LogP contribution is 2.36. The molecule has 0 spiro atoms. The fourth-order valence-corrected chi connectivity index (χ4v) is 1.44. The summed E-state index contributed by atoms with van der Waals surface area (Å²) in [5.41, 5.74) is -0.768. The topological polar surface area (TPSA) is 9.23 Å². The van der Waals surface area contributed by atoms with Gasteiger partial charge in [-0.2, -0.15) is 13.2 Å². The summed E-state index contributed by atoms with van der Waals surface area (Å²) in [7, 11) is 1.31. The van der Waals surface area contributed by atoms with Crippen molar-refractivity contribution in [3.63, 3.8) is 0 Å². The molecule has 14 heavy (non-hydrogen) atoms. The van der Waals surface area contributed by atoms with Crippen LogP contribution in [0.25, 0.3) is 0 Å². The molecule has 0 aromatic heterocycles. The smallest absolute Gasteiger partial charge is 0.416 e. The standard InChI is InChI=1S/C9H8ClF3O/c1-14-8-4-2-3-7(6(8)5-10)9(11,12)13/h2-4H,5H2,1H3. The Morgan fingerprint density at radius 1 is 1.36 bits per heavy atom. The maximum Gasteiger partial charge on any atom is 0.416 e. The Bertz CT molecular complexity index is 322. The Balaban J connectivity index is 3.29. The fourth-order valence-electron chi connectivity index (χ4n) is 1.16. The summed E-state index contributed by atoms with van der Waals surface area (Å²) >= 11 is 5.44. The van der Waals surface area contributed by atoms with E-state index in [0.29, 0.717) is 0 Å². The summed E-state index contributed by atoms with van der Waals surface area (Å²) in [4.78, 5) is 0. The first-order valence-corrected chi connectivity index (χ1v) is 4.33. The number of halogens is 4. The van der Waals surface area contributed by atoms with E-state index in [9.17, 15) is 13.2 Å². The lowest BCUT2D eigenvalue weighted by Crippen LogP contribution is -2.09. The molecule has 0 aliphatic carbocycles. The largest absolute Gasteiger partial charge is 0.496 e. The molecule has 0 fully saturated rings. The monoisotopic (exact) mass is 224 g/mol. The predicted molar refractivity (Wildman–Crippen MR) is 47.6 cm³/mol. The van der Waals surface area contributed by atoms with Gasteiger partial charge in [-0.05, 0) is 12.1 Å². The first-order chi connectivity index (χ1) is 6.50. The molecule has 0 aliphatic rings. The summed E-state index contributed by atoms with van der Waals surface area (Å²) in [5, 5.41) is 0. The molecule has 5 heteroatoms. The van der Waals surface area contributed by atoms with Crippen LogP contribution in [-0.2, 0) is 12.1 Å². The Kier molecular flexibility index (Phi) is 3.26. The van der Waals surface area contributed by atoms with Crippen molar-refractivity contribution >= 4 is 11.6 Å². The van der Waals surface area contributed by atoms with Gasteiger partial charge in [0.05, 0.1) is 18.6 Å². The molecule has 1 aromatic rings. The lowest BCUT2D eigenvalue weighted by molar-refractivity contribution is -0.138. The molecular weight excluding hydrogens is 217 g/mol. The second-order valence-electron chi connectivity index (χ2n) is 2.62. The minimum atomic E-state index is -4.39. The third kappa shape index (κ3) is 2.12. The third-order valence-electron chi connectivity index (χ3n) is 1.79. The van der Waals surface area contributed by atoms with E-state index >= 15 is 0 Å². The molecule has 1 nitrogen and oxygen atoms in total. The van der Waals surface area contributed by atoms with Crippen LogP contribution in [0.5, 0.6) is 5.75 Å². The second kappa shape index (κ2) is 4.09. The van der Waals surface area contributed by atoms with Crippen molar-refractivity contribution in [1.29, 1.82) is 0 Å². The minimum absolute atomic E-state index is 0.0239. The molecule has 0 radical (unpaired) electrons. The van der Waals surface area contributed by atoms with Crippen LogP contribution in [0.1, 0.15) is 11.1 Å². The van der Waals surface area contributed by atoms with Gasteiger partial charge in [-0.25, -0.2) is 0 Å². The molecule has 0 saturated heterocycles. The zero-order valence-electron chi connectivity index (χ0n) is 7.36. The molecule has 1 aromatic carbocycles. The highest BCUT2D eigenvalue weighted by Gasteiger charge is 2.34. The number of hydrogen-bond acceptors (Lipinski definition) is 1. The summed E-state index contributed by atoms with van der Waals surface area (Å²) in [5.74, 6) is -0.0615. The van der Waals surface area contributed by atoms with Crippen molar-refractivity contribution in [1.82, 2.24) is 0 Å². The maximum atomic E-state index is 12.4. The summed E-state index contributed by atoms with van der Waals surface area (Å²) < 4.78 is 42.1. The van der Waals surface area contributed by atoms with Crippen LogP contribution in [0.2, 0.25) is 0 Å². The predicted octanol–water partition coefficient (Wildman–Crippen LogP) is 3.45. The van der Waals surface area contributed by atoms with Crippen LogP contribution in [0.3, 0.4) is 0 Å². The van der Waals surface area contributed by atoms with Gasteiger partial charge in [0.2, 0.25) is 0 Å². The quantitative estimate of drug-likeness (QED) is 0.699. The molecule has 0 unspecified atom stereocenters. The SMILES string of the molecule is COc1cccc(C(F)(F)F)c1CCl. The van der Waals surface area contributed by atoms with Gasteiger partial charge in [0.25, 0.3) is 0 Å². The second-order valence-corrected chi connectivity index (χ2v) is 2.89. The number of rotatable bonds is 2. The first-order valence-electron chi connectivity index (χ1n) is 3.79. The van der Waals surface area contributed by atoms with Gasteiger partial charge >= 0.3 is 6.18 Å². The minimum Gasteiger partial charge on any atom is -0.496 e. The zero-order chi connectivity index (χ0) is 10.8. The lowest BCUT2D eigenvalue weighted by atomic mass is 10.1. The van der Waals surface area contributed by atoms with E-state index in [-0.39, 0.29) is 17.2 Å². The van der Waals surface area contributed by atoms with Crippen molar-refractivity contribution in [2.24, 2.45) is 0 Å². The number of methoxy groups -OCH3 is 1. The number of alkyl halides is 4. The van der Waals surface area contributed by atoms with Gasteiger partial charge in [-0.3, -0.25) is 0 Å². The number of benzene rings is 1. The van der Waals surface area contributed by atoms with E-state index in [1.54, 1.807) is 0 Å². The maximum absolute atomic E-state index is 12.4. The van der Waals surface area contributed by atoms with E-state index in [2.05, 4.69) is 0 Å². The molecule has 0 N–H and O–H groups in total. The van der Waals surface area contributed by atoms with Crippen LogP contribution in [0.15, 0.2) is 18.2 Å². The summed E-state index contributed by atoms with van der Waals surface area (Å²) in [6, 6.07) is 3.73. The highest BCUT2D eigenvalue weighted by molar-refractivity contribution is 6.17. The Morgan fingerprint density at radius 3 is 2.43 bits per heavy atom. The normalized spacial score (nSPS) is 11.5. The van der Waals surface area contributed by atoms with E-state index in [0.717, 1.165) is 6.07 Å². The molecule has 0 aliphatic heterocycles. The fraction of sp³-hybridized carbons (Fsp3) is 0.333. The molecule has 0 bridgehead atoms. The van der Waals surface area contributed by atoms with Gasteiger partial charge in [-0.15, -0.1) is 11.6 Å². The van der Waals surface area contributed by atoms with Gasteiger partial charge < -0.3 is 4.74 Å². The molecular formula is C9H8ClF3O. The van der Waals surface area contributed by atoms with Crippen molar-refractivity contribution in [2.75, 3.05) is 7.11 Å². The average molecular weight is 225 g/mol. The average Bonchev–Trinajstić information content (AvgIpc) is 2.15. The molecule has 78 valence electrons. The molecule has 0 amide bonds. The Morgan fingerprint density at radius 2 is 2.00 bits per heavy atom. The van der Waals surface area contributed by atoms with Crippen molar-refractivity contribution in [3.05, 3.63) is 29.3 Å². The first kappa shape index (κ1) is 11.2. The van der Waals surface area contributed by atoms with E-state index in [4.69, 9.17) is 16.3 Å². The zero-order valence-corrected chi connectivity index (χ0v) is 8.12. The molecule has 1 rings (SSSR count). The van der Waals surface area contributed by atoms with Gasteiger partial charge in [0, 0.05) is 5.56 Å². The highest BCUT2D eigenvalue weighted by atomic mass is 35.5. The van der Waals surface area contributed by atoms with Crippen LogP contribution >= 0.6 is 11.6 Å². The summed E-state index contributed by atoms with van der Waals surface area (Å²) in [6.45, 7) is 0. The van der Waals surface area contributed by atoms with Gasteiger partial charge in [0.15, 0.2) is 0 Å². The van der Waals surface area contributed by atoms with E-state index in [1.165, 1.54) is 19.2 Å².